The van der Waals surface area contributed by atoms with Crippen LogP contribution in [-0.2, 0) is 19.0 Å². The minimum atomic E-state index is -0.164. The second-order valence-corrected chi connectivity index (χ2v) is 6.83. The van der Waals surface area contributed by atoms with Gasteiger partial charge < -0.3 is 14.2 Å². The van der Waals surface area contributed by atoms with E-state index < -0.39 is 0 Å². The molecule has 4 rings (SSSR count). The summed E-state index contributed by atoms with van der Waals surface area (Å²) in [5.41, 5.74) is 1.78. The second-order valence-electron chi connectivity index (χ2n) is 6.83. The first-order valence-electron chi connectivity index (χ1n) is 7.18. The van der Waals surface area contributed by atoms with E-state index in [0.717, 1.165) is 36.8 Å². The monoisotopic (exact) mass is 264 g/mol. The molecule has 5 atom stereocenters. The quantitative estimate of drug-likeness (QED) is 0.497. The van der Waals surface area contributed by atoms with Crippen LogP contribution in [0.25, 0.3) is 0 Å². The van der Waals surface area contributed by atoms with Crippen LogP contribution >= 0.6 is 0 Å². The molecule has 1 aliphatic carbocycles. The van der Waals surface area contributed by atoms with Gasteiger partial charge in [-0.25, -0.2) is 4.79 Å². The highest BCUT2D eigenvalue weighted by molar-refractivity contribution is 5.91. The molecule has 0 aromatic rings. The molecular weight excluding hydrogens is 244 g/mol. The van der Waals surface area contributed by atoms with Gasteiger partial charge in [0, 0.05) is 18.4 Å². The van der Waals surface area contributed by atoms with Gasteiger partial charge in [0.05, 0.1) is 23.4 Å². The van der Waals surface area contributed by atoms with E-state index >= 15 is 0 Å². The first-order valence-corrected chi connectivity index (χ1v) is 7.18. The zero-order chi connectivity index (χ0) is 13.4. The summed E-state index contributed by atoms with van der Waals surface area (Å²) in [6, 6.07) is 0. The Kier molecular flexibility index (Phi) is 2.14. The van der Waals surface area contributed by atoms with Gasteiger partial charge in [0.15, 0.2) is 0 Å². The van der Waals surface area contributed by atoms with Crippen LogP contribution in [0, 0.1) is 0 Å². The van der Waals surface area contributed by atoms with Crippen molar-refractivity contribution >= 4 is 5.97 Å². The molecule has 4 heteroatoms. The summed E-state index contributed by atoms with van der Waals surface area (Å²) in [4.78, 5) is 11.8. The van der Waals surface area contributed by atoms with E-state index in [0.29, 0.717) is 6.10 Å². The third-order valence-electron chi connectivity index (χ3n) is 5.40. The van der Waals surface area contributed by atoms with Crippen molar-refractivity contribution in [2.75, 3.05) is 0 Å². The highest BCUT2D eigenvalue weighted by atomic mass is 16.6. The summed E-state index contributed by atoms with van der Waals surface area (Å²) in [7, 11) is 0. The maximum absolute atomic E-state index is 11.8. The van der Waals surface area contributed by atoms with E-state index in [1.165, 1.54) is 0 Å². The number of epoxide rings is 2. The fraction of sp³-hybridized carbons (Fsp3) is 0.800. The zero-order valence-corrected chi connectivity index (χ0v) is 11.7. The summed E-state index contributed by atoms with van der Waals surface area (Å²) in [5.74, 6) is -0.164. The van der Waals surface area contributed by atoms with E-state index in [1.54, 1.807) is 0 Å². The fourth-order valence-electron chi connectivity index (χ4n) is 3.70. The normalized spacial score (nSPS) is 51.9. The molecule has 0 spiro atoms. The predicted octanol–water partition coefficient (Wildman–Crippen LogP) is 2.12. The van der Waals surface area contributed by atoms with E-state index in [4.69, 9.17) is 14.2 Å². The lowest BCUT2D eigenvalue weighted by Gasteiger charge is -2.18. The van der Waals surface area contributed by atoms with Crippen molar-refractivity contribution in [1.82, 2.24) is 0 Å². The third-order valence-corrected chi connectivity index (χ3v) is 5.40. The molecule has 3 heterocycles. The van der Waals surface area contributed by atoms with Crippen LogP contribution in [0.15, 0.2) is 11.1 Å². The van der Waals surface area contributed by atoms with Crippen molar-refractivity contribution in [3.63, 3.8) is 0 Å². The topological polar surface area (TPSA) is 51.4 Å². The Morgan fingerprint density at radius 2 is 1.89 bits per heavy atom. The molecule has 0 aromatic carbocycles. The standard InChI is InChI=1S/C15H20O4/c1-8-9-6-12-14(2,19-12)5-4-11-15(3,18-11)7-10(9)17-13(8)16/h10-12H,4-7H2,1-3H3/t10-,11-,12-,14+,15+/m0/s1. The molecule has 0 unspecified atom stereocenters. The molecule has 4 aliphatic rings. The third kappa shape index (κ3) is 1.69. The first kappa shape index (κ1) is 11.9. The molecule has 0 N–H and O–H groups in total. The number of fused-ring (bicyclic) bond motifs is 3. The van der Waals surface area contributed by atoms with Gasteiger partial charge in [0.1, 0.15) is 6.10 Å². The Hall–Kier alpha value is -0.870. The van der Waals surface area contributed by atoms with E-state index in [2.05, 4.69) is 13.8 Å². The van der Waals surface area contributed by atoms with Gasteiger partial charge >= 0.3 is 5.97 Å². The van der Waals surface area contributed by atoms with Crippen molar-refractivity contribution in [2.24, 2.45) is 0 Å². The Bertz CT molecular complexity index is 496. The van der Waals surface area contributed by atoms with E-state index in [-0.39, 0.29) is 29.4 Å². The number of hydrogen-bond donors (Lipinski definition) is 0. The largest absolute Gasteiger partial charge is 0.454 e. The van der Waals surface area contributed by atoms with Crippen molar-refractivity contribution in [3.05, 3.63) is 11.1 Å². The van der Waals surface area contributed by atoms with Gasteiger partial charge in [-0.15, -0.1) is 0 Å². The number of carbonyl (C=O) groups is 1. The minimum absolute atomic E-state index is 0.0202. The maximum Gasteiger partial charge on any atom is 0.334 e. The number of ether oxygens (including phenoxy) is 3. The van der Waals surface area contributed by atoms with Crippen LogP contribution in [-0.4, -0.2) is 35.5 Å². The Morgan fingerprint density at radius 3 is 2.68 bits per heavy atom. The Balaban J connectivity index is 1.66. The van der Waals surface area contributed by atoms with Gasteiger partial charge in [-0.2, -0.15) is 0 Å². The lowest BCUT2D eigenvalue weighted by Crippen LogP contribution is -2.25. The molecule has 4 nitrogen and oxygen atoms in total. The number of carbonyl (C=O) groups excluding carboxylic acids is 1. The highest BCUT2D eigenvalue weighted by Crippen LogP contribution is 2.53. The molecule has 3 fully saturated rings. The highest BCUT2D eigenvalue weighted by Gasteiger charge is 2.60. The molecular formula is C15H20O4. The minimum Gasteiger partial charge on any atom is -0.454 e. The van der Waals surface area contributed by atoms with Gasteiger partial charge in [-0.1, -0.05) is 0 Å². The maximum atomic E-state index is 11.8. The van der Waals surface area contributed by atoms with Crippen LogP contribution in [0.2, 0.25) is 0 Å². The molecule has 0 aromatic heterocycles. The van der Waals surface area contributed by atoms with Crippen LogP contribution in [0.4, 0.5) is 0 Å². The van der Waals surface area contributed by atoms with Crippen molar-refractivity contribution in [3.8, 4) is 0 Å². The van der Waals surface area contributed by atoms with Gasteiger partial charge in [-0.3, -0.25) is 0 Å². The van der Waals surface area contributed by atoms with Crippen molar-refractivity contribution in [1.29, 1.82) is 0 Å². The van der Waals surface area contributed by atoms with Crippen LogP contribution in [0.5, 0.6) is 0 Å². The first-order chi connectivity index (χ1) is 8.91. The molecule has 19 heavy (non-hydrogen) atoms. The molecule has 2 saturated heterocycles. The smallest absolute Gasteiger partial charge is 0.334 e. The summed E-state index contributed by atoms with van der Waals surface area (Å²) in [5, 5.41) is 0. The lowest BCUT2D eigenvalue weighted by atomic mass is 9.85. The average molecular weight is 264 g/mol. The molecule has 1 saturated carbocycles. The summed E-state index contributed by atoms with van der Waals surface area (Å²) < 4.78 is 17.3. The van der Waals surface area contributed by atoms with Gasteiger partial charge in [0.2, 0.25) is 0 Å². The van der Waals surface area contributed by atoms with Crippen molar-refractivity contribution in [2.45, 2.75) is 76.0 Å². The van der Waals surface area contributed by atoms with Gasteiger partial charge in [-0.05, 0) is 39.2 Å². The number of esters is 1. The average Bonchev–Trinajstić information content (AvgIpc) is 3.15. The Morgan fingerprint density at radius 1 is 1.16 bits per heavy atom. The molecule has 104 valence electrons. The number of rotatable bonds is 0. The van der Waals surface area contributed by atoms with Crippen LogP contribution < -0.4 is 0 Å². The summed E-state index contributed by atoms with van der Waals surface area (Å²) >= 11 is 0. The van der Waals surface area contributed by atoms with Crippen LogP contribution in [0.3, 0.4) is 0 Å². The van der Waals surface area contributed by atoms with Crippen molar-refractivity contribution < 1.29 is 19.0 Å². The lowest BCUT2D eigenvalue weighted by molar-refractivity contribution is -0.140. The molecule has 3 aliphatic heterocycles. The summed E-state index contributed by atoms with van der Waals surface area (Å²) in [6.07, 6.45) is 4.16. The SMILES string of the molecule is CC1=C2C[C@@H]3O[C@]3(C)CC[C@@H]3O[C@]3(C)C[C@@H]2OC1=O. The van der Waals surface area contributed by atoms with Gasteiger partial charge in [0.25, 0.3) is 0 Å². The predicted molar refractivity (Wildman–Crippen MR) is 67.6 cm³/mol. The second kappa shape index (κ2) is 3.41. The Labute approximate surface area is 113 Å². The van der Waals surface area contributed by atoms with E-state index in [1.807, 2.05) is 6.92 Å². The van der Waals surface area contributed by atoms with E-state index in [9.17, 15) is 4.79 Å². The fourth-order valence-corrected chi connectivity index (χ4v) is 3.70. The molecule has 0 bridgehead atoms. The van der Waals surface area contributed by atoms with Crippen LogP contribution in [0.1, 0.15) is 46.5 Å². The summed E-state index contributed by atoms with van der Waals surface area (Å²) in [6.45, 7) is 6.17. The molecule has 0 radical (unpaired) electrons. The molecule has 0 amide bonds. The number of hydrogen-bond acceptors (Lipinski definition) is 4. The zero-order valence-electron chi connectivity index (χ0n) is 11.7.